The fourth-order valence-electron chi connectivity index (χ4n) is 8.54. The number of nitrogens with zero attached hydrogens (tertiary/aromatic N) is 1. The van der Waals surface area contributed by atoms with Crippen LogP contribution in [0.5, 0.6) is 0 Å². The second kappa shape index (κ2) is 12.0. The molecule has 262 valence electrons. The van der Waals surface area contributed by atoms with Gasteiger partial charge in [0.25, 0.3) is 0 Å². The fourth-order valence-corrected chi connectivity index (χ4v) is 8.54. The average molecular weight is 718 g/mol. The molecule has 0 saturated carbocycles. The molecule has 0 radical (unpaired) electrons. The predicted molar refractivity (Wildman–Crippen MR) is 231 cm³/mol. The van der Waals surface area contributed by atoms with Gasteiger partial charge in [0.15, 0.2) is 0 Å². The van der Waals surface area contributed by atoms with Crippen LogP contribution in [-0.4, -0.2) is 0 Å². The Hall–Kier alpha value is -7.56. The molecule has 0 atom stereocenters. The third-order valence-corrected chi connectivity index (χ3v) is 11.3. The van der Waals surface area contributed by atoms with Gasteiger partial charge in [-0.15, -0.1) is 0 Å². The molecular formula is C52H31NO3. The Morgan fingerprint density at radius 1 is 0.268 bits per heavy atom. The van der Waals surface area contributed by atoms with Crippen LogP contribution in [0.25, 0.3) is 98.8 Å². The SMILES string of the molecule is c1ccc(-c2ccc(N(c3ccc4c(c3)oc3ccccc34)c3ccc4oc5ccc6ccc(-c7ccc8c(c7)oc7ccccc78)cc6c5c4c3)cc2)cc1. The van der Waals surface area contributed by atoms with Crippen LogP contribution in [0.2, 0.25) is 0 Å². The molecular weight excluding hydrogens is 687 g/mol. The molecule has 56 heavy (non-hydrogen) atoms. The van der Waals surface area contributed by atoms with E-state index in [9.17, 15) is 0 Å². The minimum atomic E-state index is 0.845. The van der Waals surface area contributed by atoms with Crippen molar-refractivity contribution in [3.63, 3.8) is 0 Å². The third-order valence-electron chi connectivity index (χ3n) is 11.3. The van der Waals surface area contributed by atoms with E-state index in [1.54, 1.807) is 0 Å². The lowest BCUT2D eigenvalue weighted by molar-refractivity contribution is 0.668. The van der Waals surface area contributed by atoms with E-state index in [2.05, 4.69) is 169 Å². The molecule has 0 fully saturated rings. The smallest absolute Gasteiger partial charge is 0.137 e. The molecule has 3 aromatic heterocycles. The maximum Gasteiger partial charge on any atom is 0.137 e. The largest absolute Gasteiger partial charge is 0.456 e. The average Bonchev–Trinajstić information content (AvgIpc) is 3.95. The van der Waals surface area contributed by atoms with Gasteiger partial charge in [-0.05, 0) is 112 Å². The molecule has 9 aromatic carbocycles. The molecule has 0 aliphatic rings. The number of hydrogen-bond donors (Lipinski definition) is 0. The zero-order chi connectivity index (χ0) is 36.7. The highest BCUT2D eigenvalue weighted by Crippen LogP contribution is 2.43. The molecule has 4 heteroatoms. The molecule has 0 aliphatic heterocycles. The Morgan fingerprint density at radius 3 is 1.55 bits per heavy atom. The van der Waals surface area contributed by atoms with E-state index >= 15 is 0 Å². The highest BCUT2D eigenvalue weighted by molar-refractivity contribution is 6.20. The van der Waals surface area contributed by atoms with Crippen LogP contribution in [0.1, 0.15) is 0 Å². The number of para-hydroxylation sites is 2. The molecule has 0 bridgehead atoms. The summed E-state index contributed by atoms with van der Waals surface area (Å²) in [6, 6.07) is 66.2. The van der Waals surface area contributed by atoms with E-state index in [4.69, 9.17) is 13.3 Å². The summed E-state index contributed by atoms with van der Waals surface area (Å²) in [6.45, 7) is 0. The van der Waals surface area contributed by atoms with E-state index in [1.807, 2.05) is 24.3 Å². The summed E-state index contributed by atoms with van der Waals surface area (Å²) in [4.78, 5) is 2.30. The normalized spacial score (nSPS) is 11.9. The van der Waals surface area contributed by atoms with Crippen molar-refractivity contribution in [3.8, 4) is 22.3 Å². The summed E-state index contributed by atoms with van der Waals surface area (Å²) in [5.74, 6) is 0. The summed E-state index contributed by atoms with van der Waals surface area (Å²) in [5, 5.41) is 8.92. The van der Waals surface area contributed by atoms with Gasteiger partial charge in [0.2, 0.25) is 0 Å². The lowest BCUT2D eigenvalue weighted by Crippen LogP contribution is -2.09. The summed E-state index contributed by atoms with van der Waals surface area (Å²) in [7, 11) is 0. The predicted octanol–water partition coefficient (Wildman–Crippen LogP) is 15.3. The monoisotopic (exact) mass is 717 g/mol. The van der Waals surface area contributed by atoms with Crippen LogP contribution in [-0.2, 0) is 0 Å². The molecule has 12 rings (SSSR count). The van der Waals surface area contributed by atoms with Crippen molar-refractivity contribution in [3.05, 3.63) is 188 Å². The van der Waals surface area contributed by atoms with Gasteiger partial charge in [-0.25, -0.2) is 0 Å². The Balaban J connectivity index is 1.03. The number of furan rings is 3. The van der Waals surface area contributed by atoms with E-state index < -0.39 is 0 Å². The number of benzene rings is 9. The van der Waals surface area contributed by atoms with Crippen molar-refractivity contribution in [1.82, 2.24) is 0 Å². The summed E-state index contributed by atoms with van der Waals surface area (Å²) >= 11 is 0. The van der Waals surface area contributed by atoms with Gasteiger partial charge < -0.3 is 18.2 Å². The Bertz CT molecular complexity index is 3480. The molecule has 0 amide bonds. The molecule has 0 saturated heterocycles. The van der Waals surface area contributed by atoms with Crippen LogP contribution in [0.3, 0.4) is 0 Å². The van der Waals surface area contributed by atoms with Crippen molar-refractivity contribution < 1.29 is 13.3 Å². The minimum absolute atomic E-state index is 0.845. The lowest BCUT2D eigenvalue weighted by atomic mass is 9.97. The summed E-state index contributed by atoms with van der Waals surface area (Å²) < 4.78 is 19.2. The van der Waals surface area contributed by atoms with Crippen LogP contribution in [0.4, 0.5) is 17.1 Å². The van der Waals surface area contributed by atoms with Crippen LogP contribution < -0.4 is 4.90 Å². The van der Waals surface area contributed by atoms with E-state index in [0.717, 1.165) is 105 Å². The van der Waals surface area contributed by atoms with Crippen molar-refractivity contribution >= 4 is 93.7 Å². The lowest BCUT2D eigenvalue weighted by Gasteiger charge is -2.26. The van der Waals surface area contributed by atoms with Gasteiger partial charge in [-0.2, -0.15) is 0 Å². The molecule has 0 unspecified atom stereocenters. The van der Waals surface area contributed by atoms with Gasteiger partial charge in [0.05, 0.1) is 0 Å². The standard InChI is InChI=1S/C52H31NO3/c1-2-8-32(9-3-1)33-16-20-37(21-17-33)53(39-22-25-43-41-11-5-7-13-47(41)56-51(43)31-39)38-23-27-48-45(30-38)52-44-28-35(15-14-34(44)19-26-49(52)54-48)36-18-24-42-40-10-4-6-12-46(40)55-50(42)29-36/h1-31H. The zero-order valence-electron chi connectivity index (χ0n) is 30.1. The first-order valence-electron chi connectivity index (χ1n) is 18.9. The highest BCUT2D eigenvalue weighted by atomic mass is 16.3. The van der Waals surface area contributed by atoms with E-state index in [1.165, 1.54) is 11.1 Å². The molecule has 12 aromatic rings. The molecule has 4 nitrogen and oxygen atoms in total. The maximum absolute atomic E-state index is 6.55. The topological polar surface area (TPSA) is 42.7 Å². The first-order valence-corrected chi connectivity index (χ1v) is 18.9. The maximum atomic E-state index is 6.55. The van der Waals surface area contributed by atoms with Gasteiger partial charge >= 0.3 is 0 Å². The zero-order valence-corrected chi connectivity index (χ0v) is 30.1. The second-order valence-electron chi connectivity index (χ2n) is 14.5. The molecule has 0 aliphatic carbocycles. The Labute approximate surface area is 321 Å². The molecule has 3 heterocycles. The van der Waals surface area contributed by atoms with Crippen LogP contribution in [0.15, 0.2) is 201 Å². The second-order valence-corrected chi connectivity index (χ2v) is 14.5. The van der Waals surface area contributed by atoms with Gasteiger partial charge in [-0.1, -0.05) is 103 Å². The van der Waals surface area contributed by atoms with E-state index in [0.29, 0.717) is 0 Å². The van der Waals surface area contributed by atoms with Gasteiger partial charge in [0, 0.05) is 55.4 Å². The van der Waals surface area contributed by atoms with Crippen molar-refractivity contribution in [2.45, 2.75) is 0 Å². The summed E-state index contributed by atoms with van der Waals surface area (Å²) in [5.41, 5.74) is 12.9. The highest BCUT2D eigenvalue weighted by Gasteiger charge is 2.19. The van der Waals surface area contributed by atoms with Gasteiger partial charge in [0.1, 0.15) is 33.5 Å². The number of rotatable bonds is 5. The number of anilines is 3. The Kier molecular flexibility index (Phi) is 6.60. The van der Waals surface area contributed by atoms with Gasteiger partial charge in [-0.3, -0.25) is 0 Å². The van der Waals surface area contributed by atoms with Crippen molar-refractivity contribution in [1.29, 1.82) is 0 Å². The van der Waals surface area contributed by atoms with Crippen LogP contribution >= 0.6 is 0 Å². The first-order chi connectivity index (χ1) is 27.7. The Morgan fingerprint density at radius 2 is 0.768 bits per heavy atom. The van der Waals surface area contributed by atoms with Crippen molar-refractivity contribution in [2.24, 2.45) is 0 Å². The summed E-state index contributed by atoms with van der Waals surface area (Å²) in [6.07, 6.45) is 0. The van der Waals surface area contributed by atoms with Crippen molar-refractivity contribution in [2.75, 3.05) is 4.90 Å². The first kappa shape index (κ1) is 30.9. The fraction of sp³-hybridized carbons (Fsp3) is 0. The molecule has 0 N–H and O–H groups in total. The quantitative estimate of drug-likeness (QED) is 0.178. The third kappa shape index (κ3) is 4.79. The minimum Gasteiger partial charge on any atom is -0.456 e. The van der Waals surface area contributed by atoms with Crippen LogP contribution in [0, 0.1) is 0 Å². The molecule has 0 spiro atoms. The number of hydrogen-bond acceptors (Lipinski definition) is 4. The van der Waals surface area contributed by atoms with E-state index in [-0.39, 0.29) is 0 Å². The number of fused-ring (bicyclic) bond motifs is 11.